The molecule has 2 aromatic heterocycles. The van der Waals surface area contributed by atoms with Crippen molar-refractivity contribution in [2.45, 2.75) is 64.4 Å². The highest BCUT2D eigenvalue weighted by molar-refractivity contribution is 7.14. The van der Waals surface area contributed by atoms with Gasteiger partial charge in [0.2, 0.25) is 5.91 Å². The van der Waals surface area contributed by atoms with Crippen LogP contribution >= 0.6 is 11.3 Å². The number of carbonyl (C=O) groups excluding carboxylic acids is 2. The van der Waals surface area contributed by atoms with E-state index in [0.717, 1.165) is 17.0 Å². The van der Waals surface area contributed by atoms with E-state index in [9.17, 15) is 32.7 Å². The molecule has 0 aliphatic carbocycles. The minimum Gasteiger partial charge on any atom is -0.486 e. The van der Waals surface area contributed by atoms with E-state index in [4.69, 9.17) is 4.74 Å². The Bertz CT molecular complexity index is 1670. The summed E-state index contributed by atoms with van der Waals surface area (Å²) in [6, 6.07) is 13.1. The number of nitrogens with one attached hydrogen (secondary N) is 2. The number of rotatable bonds is 11. The normalized spacial score (nSPS) is 13.0. The van der Waals surface area contributed by atoms with Crippen LogP contribution in [0.3, 0.4) is 0 Å². The second-order valence-electron chi connectivity index (χ2n) is 11.6. The molecule has 2 atom stereocenters. The molecule has 0 unspecified atom stereocenters. The molecule has 0 spiro atoms. The van der Waals surface area contributed by atoms with Gasteiger partial charge < -0.3 is 20.5 Å². The van der Waals surface area contributed by atoms with Crippen molar-refractivity contribution in [1.29, 1.82) is 0 Å². The van der Waals surface area contributed by atoms with Crippen LogP contribution in [0.2, 0.25) is 0 Å². The van der Waals surface area contributed by atoms with Gasteiger partial charge in [-0.05, 0) is 47.7 Å². The van der Waals surface area contributed by atoms with Gasteiger partial charge in [-0.1, -0.05) is 57.2 Å². The number of aromatic nitrogens is 2. The van der Waals surface area contributed by atoms with Crippen LogP contribution in [0.1, 0.15) is 58.9 Å². The van der Waals surface area contributed by atoms with Crippen LogP contribution in [0, 0.1) is 0 Å². The number of carboxylic acids is 1. The average molecular weight is 655 g/mol. The van der Waals surface area contributed by atoms with Crippen molar-refractivity contribution in [3.63, 3.8) is 0 Å². The second-order valence-corrected chi connectivity index (χ2v) is 12.7. The first-order valence-corrected chi connectivity index (χ1v) is 15.1. The number of aliphatic carboxylic acids is 1. The average Bonchev–Trinajstić information content (AvgIpc) is 3.52. The van der Waals surface area contributed by atoms with Crippen molar-refractivity contribution in [1.82, 2.24) is 20.6 Å². The molecule has 0 saturated heterocycles. The standard InChI is InChI=1S/C33H33F3N4O5S/c1-19(31(43)44)39-29(41)25(40-30(42)26-13-14-27(46-26)32(2,3)4)15-20-5-9-22(10-6-20)28-37-16-24(17-38-28)45-18-21-7-11-23(12-8-21)33(34,35)36/h5-14,16-17,19,25H,15,18H2,1-4H3,(H,39,41)(H,40,42)(H,43,44)/t19-,25+/m1/s1. The lowest BCUT2D eigenvalue weighted by atomic mass is 9.95. The topological polar surface area (TPSA) is 131 Å². The molecule has 2 aromatic carbocycles. The predicted molar refractivity (Wildman–Crippen MR) is 166 cm³/mol. The Balaban J connectivity index is 1.41. The highest BCUT2D eigenvalue weighted by Crippen LogP contribution is 2.30. The summed E-state index contributed by atoms with van der Waals surface area (Å²) in [6.07, 6.45) is -1.40. The number of ether oxygens (including phenoxy) is 1. The smallest absolute Gasteiger partial charge is 0.416 e. The van der Waals surface area contributed by atoms with Crippen molar-refractivity contribution in [2.24, 2.45) is 0 Å². The molecule has 4 rings (SSSR count). The summed E-state index contributed by atoms with van der Waals surface area (Å²) < 4.78 is 43.9. The summed E-state index contributed by atoms with van der Waals surface area (Å²) in [5.74, 6) is -1.55. The molecule has 0 bridgehead atoms. The molecule has 46 heavy (non-hydrogen) atoms. The Morgan fingerprint density at radius 1 is 0.891 bits per heavy atom. The van der Waals surface area contributed by atoms with Gasteiger partial charge in [-0.3, -0.25) is 14.4 Å². The third kappa shape index (κ3) is 9.13. The minimum absolute atomic E-state index is 0.0380. The van der Waals surface area contributed by atoms with Gasteiger partial charge in [0.25, 0.3) is 5.91 Å². The molecule has 3 N–H and O–H groups in total. The summed E-state index contributed by atoms with van der Waals surface area (Å²) in [7, 11) is 0. The Kier molecular flexibility index (Phi) is 10.5. The van der Waals surface area contributed by atoms with Crippen molar-refractivity contribution in [3.05, 3.63) is 99.5 Å². The van der Waals surface area contributed by atoms with E-state index in [0.29, 0.717) is 33.1 Å². The van der Waals surface area contributed by atoms with Gasteiger partial charge in [0, 0.05) is 16.9 Å². The van der Waals surface area contributed by atoms with Gasteiger partial charge >= 0.3 is 12.1 Å². The zero-order valence-electron chi connectivity index (χ0n) is 25.5. The van der Waals surface area contributed by atoms with Crippen molar-refractivity contribution >= 4 is 29.1 Å². The number of halogens is 3. The molecular formula is C33H33F3N4O5S. The third-order valence-electron chi connectivity index (χ3n) is 6.89. The van der Waals surface area contributed by atoms with Gasteiger partial charge in [0.05, 0.1) is 22.8 Å². The maximum atomic E-state index is 13.1. The first-order valence-electron chi connectivity index (χ1n) is 14.2. The number of hydrogen-bond acceptors (Lipinski definition) is 7. The number of carbonyl (C=O) groups is 3. The zero-order valence-corrected chi connectivity index (χ0v) is 26.3. The molecule has 0 aliphatic rings. The van der Waals surface area contributed by atoms with Gasteiger partial charge in [-0.25, -0.2) is 9.97 Å². The lowest BCUT2D eigenvalue weighted by Crippen LogP contribution is -2.51. The molecular weight excluding hydrogens is 621 g/mol. The van der Waals surface area contributed by atoms with E-state index >= 15 is 0 Å². The first kappa shape index (κ1) is 34.1. The zero-order chi connectivity index (χ0) is 33.6. The van der Waals surface area contributed by atoms with Crippen molar-refractivity contribution in [3.8, 4) is 17.1 Å². The van der Waals surface area contributed by atoms with E-state index in [1.807, 2.05) is 26.8 Å². The van der Waals surface area contributed by atoms with Crippen LogP contribution in [-0.2, 0) is 34.2 Å². The fourth-order valence-corrected chi connectivity index (χ4v) is 5.17. The van der Waals surface area contributed by atoms with Crippen LogP contribution in [0.4, 0.5) is 13.2 Å². The molecule has 2 heterocycles. The van der Waals surface area contributed by atoms with Crippen LogP contribution in [0.15, 0.2) is 73.1 Å². The number of hydrogen-bond donors (Lipinski definition) is 3. The summed E-state index contributed by atoms with van der Waals surface area (Å²) in [4.78, 5) is 47.5. The van der Waals surface area contributed by atoms with Crippen LogP contribution in [-0.4, -0.2) is 44.9 Å². The molecule has 9 nitrogen and oxygen atoms in total. The van der Waals surface area contributed by atoms with E-state index < -0.39 is 41.6 Å². The Hall–Kier alpha value is -4.78. The maximum absolute atomic E-state index is 13.1. The molecule has 4 aromatic rings. The number of alkyl halides is 3. The number of benzene rings is 2. The molecule has 13 heteroatoms. The number of thiophene rings is 1. The van der Waals surface area contributed by atoms with E-state index in [1.165, 1.54) is 42.8 Å². The van der Waals surface area contributed by atoms with Gasteiger partial charge in [-0.2, -0.15) is 13.2 Å². The first-order chi connectivity index (χ1) is 21.6. The summed E-state index contributed by atoms with van der Waals surface area (Å²) in [5.41, 5.74) is 1.03. The van der Waals surface area contributed by atoms with Crippen LogP contribution in [0.5, 0.6) is 5.75 Å². The summed E-state index contributed by atoms with van der Waals surface area (Å²) in [5, 5.41) is 14.4. The summed E-state index contributed by atoms with van der Waals surface area (Å²) >= 11 is 1.33. The minimum atomic E-state index is -4.41. The molecule has 242 valence electrons. The fraction of sp³-hybridized carbons (Fsp3) is 0.303. The number of carboxylic acid groups (broad SMARTS) is 1. The van der Waals surface area contributed by atoms with Crippen molar-refractivity contribution in [2.75, 3.05) is 0 Å². The lowest BCUT2D eigenvalue weighted by molar-refractivity contribution is -0.141. The molecule has 0 saturated carbocycles. The molecule has 0 radical (unpaired) electrons. The molecule has 2 amide bonds. The van der Waals surface area contributed by atoms with Gasteiger partial charge in [0.15, 0.2) is 11.6 Å². The Morgan fingerprint density at radius 3 is 2.04 bits per heavy atom. The van der Waals surface area contributed by atoms with Crippen molar-refractivity contribution < 1.29 is 37.4 Å². The quantitative estimate of drug-likeness (QED) is 0.180. The highest BCUT2D eigenvalue weighted by atomic mass is 32.1. The molecule has 0 fully saturated rings. The third-order valence-corrected chi connectivity index (χ3v) is 8.40. The predicted octanol–water partition coefficient (Wildman–Crippen LogP) is 6.03. The Morgan fingerprint density at radius 2 is 1.50 bits per heavy atom. The van der Waals surface area contributed by atoms with Gasteiger partial charge in [0.1, 0.15) is 18.7 Å². The van der Waals surface area contributed by atoms with Gasteiger partial charge in [-0.15, -0.1) is 11.3 Å². The SMILES string of the molecule is C[C@@H](NC(=O)[C@H](Cc1ccc(-c2ncc(OCc3ccc(C(F)(F)F)cc3)cn2)cc1)NC(=O)c1ccc(C(C)(C)C)s1)C(=O)O. The summed E-state index contributed by atoms with van der Waals surface area (Å²) in [6.45, 7) is 7.49. The molecule has 0 aliphatic heterocycles. The highest BCUT2D eigenvalue weighted by Gasteiger charge is 2.30. The van der Waals surface area contributed by atoms with E-state index in [2.05, 4.69) is 20.6 Å². The number of nitrogens with zero attached hydrogens (tertiary/aromatic N) is 2. The second kappa shape index (κ2) is 14.1. The fourth-order valence-electron chi connectivity index (χ4n) is 4.20. The van der Waals surface area contributed by atoms with E-state index in [-0.39, 0.29) is 18.4 Å². The Labute approximate surface area is 267 Å². The lowest BCUT2D eigenvalue weighted by Gasteiger charge is -2.20. The number of amides is 2. The maximum Gasteiger partial charge on any atom is 0.416 e. The van der Waals surface area contributed by atoms with Crippen LogP contribution < -0.4 is 15.4 Å². The van der Waals surface area contributed by atoms with Crippen LogP contribution in [0.25, 0.3) is 11.4 Å². The monoisotopic (exact) mass is 654 g/mol. The largest absolute Gasteiger partial charge is 0.486 e. The van der Waals surface area contributed by atoms with E-state index in [1.54, 1.807) is 30.3 Å².